The number of hydrogen-bond donors (Lipinski definition) is 2. The number of oxazole rings is 1. The zero-order valence-corrected chi connectivity index (χ0v) is 9.82. The number of aromatic nitrogens is 1. The minimum atomic E-state index is -1.05. The number of carboxylic acids is 1. The van der Waals surface area contributed by atoms with Gasteiger partial charge in [0, 0.05) is 10.6 Å². The number of nitrogen functional groups attached to an aromatic ring is 1. The number of anilines is 1. The molecule has 0 amide bonds. The van der Waals surface area contributed by atoms with Gasteiger partial charge in [-0.2, -0.15) is 0 Å². The molecule has 0 unspecified atom stereocenters. The van der Waals surface area contributed by atoms with Gasteiger partial charge in [0.05, 0.1) is 11.3 Å². The van der Waals surface area contributed by atoms with E-state index in [1.165, 1.54) is 24.1 Å². The Labute approximate surface area is 102 Å². The Morgan fingerprint density at radius 3 is 2.88 bits per heavy atom. The normalized spacial score (nSPS) is 10.4. The minimum absolute atomic E-state index is 0.0817. The Balaban J connectivity index is 2.28. The summed E-state index contributed by atoms with van der Waals surface area (Å²) in [4.78, 5) is 15.7. The average Bonchev–Trinajstić information content (AvgIpc) is 2.66. The number of carbonyl (C=O) groups is 1. The summed E-state index contributed by atoms with van der Waals surface area (Å²) in [7, 11) is 0. The molecule has 0 fully saturated rings. The first kappa shape index (κ1) is 11.5. The van der Waals surface area contributed by atoms with Gasteiger partial charge in [-0.1, -0.05) is 0 Å². The van der Waals surface area contributed by atoms with Gasteiger partial charge in [0.15, 0.2) is 0 Å². The van der Waals surface area contributed by atoms with E-state index in [-0.39, 0.29) is 11.3 Å². The van der Waals surface area contributed by atoms with Crippen LogP contribution < -0.4 is 5.73 Å². The third kappa shape index (κ3) is 2.59. The Kier molecular flexibility index (Phi) is 3.06. The van der Waals surface area contributed by atoms with Crippen molar-refractivity contribution < 1.29 is 14.3 Å². The standard InChI is InChI=1S/C11H10N2O3S/c1-6-5-16-11(13-6)17-7-2-3-9(12)8(4-7)10(14)15/h2-5H,12H2,1H3,(H,14,15). The maximum Gasteiger partial charge on any atom is 0.337 e. The zero-order chi connectivity index (χ0) is 12.4. The number of rotatable bonds is 3. The molecule has 1 heterocycles. The molecule has 1 aromatic carbocycles. The molecular formula is C11H10N2O3S. The van der Waals surface area contributed by atoms with Crippen LogP contribution in [0.25, 0.3) is 0 Å². The minimum Gasteiger partial charge on any atom is -0.478 e. The fraction of sp³-hybridized carbons (Fsp3) is 0.0909. The lowest BCUT2D eigenvalue weighted by Gasteiger charge is -2.02. The molecule has 0 saturated heterocycles. The molecule has 17 heavy (non-hydrogen) atoms. The van der Waals surface area contributed by atoms with Crippen LogP contribution in [-0.2, 0) is 0 Å². The van der Waals surface area contributed by atoms with E-state index in [0.717, 1.165) is 10.6 Å². The highest BCUT2D eigenvalue weighted by Gasteiger charge is 2.10. The average molecular weight is 250 g/mol. The molecule has 0 aliphatic rings. The van der Waals surface area contributed by atoms with Gasteiger partial charge in [0.2, 0.25) is 0 Å². The quantitative estimate of drug-likeness (QED) is 0.813. The summed E-state index contributed by atoms with van der Waals surface area (Å²) in [6.07, 6.45) is 1.54. The molecule has 88 valence electrons. The van der Waals surface area contributed by atoms with Crippen LogP contribution in [0.5, 0.6) is 0 Å². The number of benzene rings is 1. The smallest absolute Gasteiger partial charge is 0.337 e. The van der Waals surface area contributed by atoms with E-state index in [1.54, 1.807) is 12.1 Å². The predicted octanol–water partition coefficient (Wildman–Crippen LogP) is 2.41. The summed E-state index contributed by atoms with van der Waals surface area (Å²) in [6.45, 7) is 1.82. The van der Waals surface area contributed by atoms with Gasteiger partial charge in [0.25, 0.3) is 5.22 Å². The summed E-state index contributed by atoms with van der Waals surface area (Å²) in [5, 5.41) is 9.41. The van der Waals surface area contributed by atoms with Crippen LogP contribution >= 0.6 is 11.8 Å². The Morgan fingerprint density at radius 1 is 1.53 bits per heavy atom. The van der Waals surface area contributed by atoms with E-state index < -0.39 is 5.97 Å². The molecule has 0 radical (unpaired) electrons. The van der Waals surface area contributed by atoms with Crippen LogP contribution in [0.15, 0.2) is 39.0 Å². The molecule has 0 saturated carbocycles. The number of carboxylic acid groups (broad SMARTS) is 1. The van der Waals surface area contributed by atoms with Crippen LogP contribution in [0.4, 0.5) is 5.69 Å². The van der Waals surface area contributed by atoms with Gasteiger partial charge >= 0.3 is 5.97 Å². The maximum atomic E-state index is 10.9. The van der Waals surface area contributed by atoms with Crippen LogP contribution in [-0.4, -0.2) is 16.1 Å². The maximum absolute atomic E-state index is 10.9. The van der Waals surface area contributed by atoms with Crippen molar-refractivity contribution in [2.24, 2.45) is 0 Å². The highest BCUT2D eigenvalue weighted by molar-refractivity contribution is 7.99. The van der Waals surface area contributed by atoms with E-state index in [9.17, 15) is 4.79 Å². The highest BCUT2D eigenvalue weighted by atomic mass is 32.2. The Morgan fingerprint density at radius 2 is 2.29 bits per heavy atom. The van der Waals surface area contributed by atoms with Crippen LogP contribution in [0, 0.1) is 6.92 Å². The van der Waals surface area contributed by atoms with E-state index in [1.807, 2.05) is 6.92 Å². The first-order valence-electron chi connectivity index (χ1n) is 4.79. The lowest BCUT2D eigenvalue weighted by atomic mass is 10.2. The van der Waals surface area contributed by atoms with E-state index in [4.69, 9.17) is 15.3 Å². The third-order valence-electron chi connectivity index (χ3n) is 2.06. The lowest BCUT2D eigenvalue weighted by Crippen LogP contribution is -2.01. The first-order chi connectivity index (χ1) is 8.06. The fourth-order valence-corrected chi connectivity index (χ4v) is 2.06. The molecule has 2 rings (SSSR count). The molecule has 0 aliphatic heterocycles. The molecule has 1 aromatic heterocycles. The van der Waals surface area contributed by atoms with Crippen molar-refractivity contribution in [1.29, 1.82) is 0 Å². The van der Waals surface area contributed by atoms with E-state index in [0.29, 0.717) is 5.22 Å². The fourth-order valence-electron chi connectivity index (χ4n) is 1.26. The highest BCUT2D eigenvalue weighted by Crippen LogP contribution is 2.29. The second-order valence-corrected chi connectivity index (χ2v) is 4.44. The van der Waals surface area contributed by atoms with Gasteiger partial charge < -0.3 is 15.3 Å². The van der Waals surface area contributed by atoms with Crippen LogP contribution in [0.3, 0.4) is 0 Å². The summed E-state index contributed by atoms with van der Waals surface area (Å²) in [6, 6.07) is 4.79. The molecule has 6 heteroatoms. The van der Waals surface area contributed by atoms with Crippen molar-refractivity contribution in [2.45, 2.75) is 17.0 Å². The molecule has 0 spiro atoms. The molecule has 0 atom stereocenters. The summed E-state index contributed by atoms with van der Waals surface area (Å²) in [5.41, 5.74) is 6.66. The number of hydrogen-bond acceptors (Lipinski definition) is 5. The van der Waals surface area contributed by atoms with Gasteiger partial charge in [-0.05, 0) is 36.9 Å². The molecule has 0 bridgehead atoms. The number of aromatic carboxylic acids is 1. The summed E-state index contributed by atoms with van der Waals surface area (Å²) >= 11 is 1.25. The predicted molar refractivity (Wildman–Crippen MR) is 63.2 cm³/mol. The largest absolute Gasteiger partial charge is 0.478 e. The number of aryl methyl sites for hydroxylation is 1. The molecular weight excluding hydrogens is 240 g/mol. The van der Waals surface area contributed by atoms with Crippen molar-refractivity contribution in [3.63, 3.8) is 0 Å². The monoisotopic (exact) mass is 250 g/mol. The second-order valence-electron chi connectivity index (χ2n) is 3.41. The summed E-state index contributed by atoms with van der Waals surface area (Å²) < 4.78 is 5.17. The van der Waals surface area contributed by atoms with Gasteiger partial charge in [-0.15, -0.1) is 0 Å². The molecule has 0 aliphatic carbocycles. The molecule has 5 nitrogen and oxygen atoms in total. The molecule has 2 aromatic rings. The van der Waals surface area contributed by atoms with Gasteiger partial charge in [-0.25, -0.2) is 9.78 Å². The van der Waals surface area contributed by atoms with Crippen LogP contribution in [0.2, 0.25) is 0 Å². The van der Waals surface area contributed by atoms with Crippen molar-refractivity contribution in [3.05, 3.63) is 35.7 Å². The summed E-state index contributed by atoms with van der Waals surface area (Å²) in [5.74, 6) is -1.05. The van der Waals surface area contributed by atoms with Gasteiger partial charge in [-0.3, -0.25) is 0 Å². The zero-order valence-electron chi connectivity index (χ0n) is 9.01. The Hall–Kier alpha value is -1.95. The SMILES string of the molecule is Cc1coc(Sc2ccc(N)c(C(=O)O)c2)n1. The van der Waals surface area contributed by atoms with Gasteiger partial charge in [0.1, 0.15) is 6.26 Å². The first-order valence-corrected chi connectivity index (χ1v) is 5.60. The van der Waals surface area contributed by atoms with Crippen molar-refractivity contribution >= 4 is 23.4 Å². The van der Waals surface area contributed by atoms with E-state index >= 15 is 0 Å². The number of nitrogens with zero attached hydrogens (tertiary/aromatic N) is 1. The van der Waals surface area contributed by atoms with Crippen molar-refractivity contribution in [3.8, 4) is 0 Å². The Bertz CT molecular complexity index is 566. The van der Waals surface area contributed by atoms with Crippen LogP contribution in [0.1, 0.15) is 16.1 Å². The van der Waals surface area contributed by atoms with E-state index in [2.05, 4.69) is 4.98 Å². The second kappa shape index (κ2) is 4.50. The third-order valence-corrected chi connectivity index (χ3v) is 2.91. The lowest BCUT2D eigenvalue weighted by molar-refractivity contribution is 0.0698. The molecule has 3 N–H and O–H groups in total. The van der Waals surface area contributed by atoms with Crippen molar-refractivity contribution in [1.82, 2.24) is 4.98 Å². The number of nitrogens with two attached hydrogens (primary N) is 1. The topological polar surface area (TPSA) is 89.3 Å². The van der Waals surface area contributed by atoms with Crippen molar-refractivity contribution in [2.75, 3.05) is 5.73 Å².